The third kappa shape index (κ3) is 7.95. The van der Waals surface area contributed by atoms with Gasteiger partial charge < -0.3 is 19.9 Å². The molecular weight excluding hydrogens is 598 g/mol. The maximum absolute atomic E-state index is 13.0. The van der Waals surface area contributed by atoms with Gasteiger partial charge in [0.05, 0.1) is 29.1 Å². The molecule has 0 aliphatic rings. The first-order valence-electron chi connectivity index (χ1n) is 11.4. The standard InChI is InChI=1S/C24H24Cl4N4O7/c1-4-13(3)39-22(36)24(21(34)35,29-20(33)12-25)31-30-17-11-15(27)7-9-19(17)32(23(37)38-5-2)18-8-6-14(26)10-16(18)28/h6-11,13H,4-5,12H2,1-3H3,(H,29,33)(H,34,35). The number of carboxylic acid groups (broad SMARTS) is 1. The molecule has 0 saturated carbocycles. The van der Waals surface area contributed by atoms with Gasteiger partial charge in [0.25, 0.3) is 0 Å². The molecule has 0 spiro atoms. The maximum atomic E-state index is 13.0. The molecule has 0 bridgehead atoms. The van der Waals surface area contributed by atoms with E-state index in [0.717, 1.165) is 4.90 Å². The number of rotatable bonds is 11. The molecule has 0 heterocycles. The summed E-state index contributed by atoms with van der Waals surface area (Å²) in [5.74, 6) is -5.04. The van der Waals surface area contributed by atoms with Crippen molar-refractivity contribution in [3.63, 3.8) is 0 Å². The second-order valence-corrected chi connectivity index (χ2v) is 9.33. The van der Waals surface area contributed by atoms with E-state index >= 15 is 0 Å². The van der Waals surface area contributed by atoms with Gasteiger partial charge >= 0.3 is 23.7 Å². The predicted molar refractivity (Wildman–Crippen MR) is 147 cm³/mol. The van der Waals surface area contributed by atoms with Crippen molar-refractivity contribution < 1.29 is 33.8 Å². The van der Waals surface area contributed by atoms with Crippen LogP contribution in [0.25, 0.3) is 0 Å². The zero-order valence-corrected chi connectivity index (χ0v) is 23.9. The molecule has 0 saturated heterocycles. The van der Waals surface area contributed by atoms with E-state index in [2.05, 4.69) is 10.2 Å². The highest BCUT2D eigenvalue weighted by atomic mass is 35.5. The number of carbonyl (C=O) groups is 4. The molecule has 2 N–H and O–H groups in total. The fourth-order valence-corrected chi connectivity index (χ4v) is 3.68. The van der Waals surface area contributed by atoms with E-state index in [4.69, 9.17) is 55.9 Å². The van der Waals surface area contributed by atoms with E-state index in [9.17, 15) is 24.3 Å². The molecule has 15 heteroatoms. The van der Waals surface area contributed by atoms with E-state index in [0.29, 0.717) is 11.4 Å². The Bertz CT molecular complexity index is 1280. The lowest BCUT2D eigenvalue weighted by molar-refractivity contribution is -0.168. The number of nitrogens with zero attached hydrogens (tertiary/aromatic N) is 3. The highest BCUT2D eigenvalue weighted by molar-refractivity contribution is 6.37. The molecule has 0 aliphatic carbocycles. The lowest BCUT2D eigenvalue weighted by Gasteiger charge is -2.26. The van der Waals surface area contributed by atoms with Crippen molar-refractivity contribution in [2.75, 3.05) is 17.4 Å². The highest BCUT2D eigenvalue weighted by Crippen LogP contribution is 2.40. The van der Waals surface area contributed by atoms with Crippen molar-refractivity contribution in [3.05, 3.63) is 51.5 Å². The Morgan fingerprint density at radius 2 is 1.67 bits per heavy atom. The number of hydrogen-bond donors (Lipinski definition) is 2. The number of aliphatic carboxylic acids is 1. The normalized spacial score (nSPS) is 13.3. The number of halogens is 4. The second kappa shape index (κ2) is 14.3. The fourth-order valence-electron chi connectivity index (χ4n) is 2.96. The van der Waals surface area contributed by atoms with Crippen LogP contribution in [0.4, 0.5) is 21.9 Å². The minimum Gasteiger partial charge on any atom is -0.478 e. The van der Waals surface area contributed by atoms with Crippen LogP contribution in [0.3, 0.4) is 0 Å². The Labute approximate surface area is 244 Å². The molecule has 0 aromatic heterocycles. The third-order valence-electron chi connectivity index (χ3n) is 5.02. The average molecular weight is 622 g/mol. The summed E-state index contributed by atoms with van der Waals surface area (Å²) in [7, 11) is 0. The van der Waals surface area contributed by atoms with Gasteiger partial charge in [0.15, 0.2) is 0 Å². The number of carbonyl (C=O) groups excluding carboxylic acids is 3. The molecule has 2 atom stereocenters. The summed E-state index contributed by atoms with van der Waals surface area (Å²) < 4.78 is 10.3. The molecule has 2 rings (SSSR count). The van der Waals surface area contributed by atoms with Crippen molar-refractivity contribution in [2.24, 2.45) is 10.2 Å². The number of benzene rings is 2. The number of esters is 1. The SMILES string of the molecule is CCOC(=O)N(c1ccc(Cl)cc1Cl)c1ccc(Cl)cc1N=NC(NC(=O)CCl)(C(=O)O)C(=O)OC(C)CC. The van der Waals surface area contributed by atoms with Crippen molar-refractivity contribution in [1.82, 2.24) is 5.32 Å². The molecular formula is C24H24Cl4N4O7. The molecule has 210 valence electrons. The number of anilines is 2. The van der Waals surface area contributed by atoms with Crippen LogP contribution in [0, 0.1) is 0 Å². The van der Waals surface area contributed by atoms with Gasteiger partial charge in [-0.3, -0.25) is 4.79 Å². The third-order valence-corrected chi connectivity index (χ3v) is 6.03. The number of carboxylic acids is 1. The highest BCUT2D eigenvalue weighted by Gasteiger charge is 2.51. The van der Waals surface area contributed by atoms with Gasteiger partial charge in [0.2, 0.25) is 5.91 Å². The van der Waals surface area contributed by atoms with Gasteiger partial charge in [-0.15, -0.1) is 16.7 Å². The molecule has 2 amide bonds. The minimum atomic E-state index is -3.01. The first-order valence-corrected chi connectivity index (χ1v) is 13.0. The number of amides is 2. The summed E-state index contributed by atoms with van der Waals surface area (Å²) >= 11 is 24.1. The van der Waals surface area contributed by atoms with Gasteiger partial charge in [-0.05, 0) is 56.7 Å². The number of alkyl halides is 1. The molecule has 0 radical (unpaired) electrons. The largest absolute Gasteiger partial charge is 0.478 e. The molecule has 2 unspecified atom stereocenters. The molecule has 11 nitrogen and oxygen atoms in total. The molecule has 39 heavy (non-hydrogen) atoms. The Morgan fingerprint density at radius 1 is 1.05 bits per heavy atom. The van der Waals surface area contributed by atoms with Crippen LogP contribution < -0.4 is 10.2 Å². The number of azo groups is 1. The smallest absolute Gasteiger partial charge is 0.419 e. The van der Waals surface area contributed by atoms with Gasteiger partial charge in [-0.2, -0.15) is 5.11 Å². The van der Waals surface area contributed by atoms with E-state index in [1.165, 1.54) is 43.3 Å². The zero-order valence-electron chi connectivity index (χ0n) is 20.9. The Kier molecular flexibility index (Phi) is 11.8. The number of nitrogens with one attached hydrogen (secondary N) is 1. The first kappa shape index (κ1) is 32.1. The van der Waals surface area contributed by atoms with Gasteiger partial charge in [-0.1, -0.05) is 41.7 Å². The Hall–Kier alpha value is -3.12. The average Bonchev–Trinajstić information content (AvgIpc) is 2.88. The quantitative estimate of drug-likeness (QED) is 0.126. The monoisotopic (exact) mass is 620 g/mol. The van der Waals surface area contributed by atoms with Gasteiger partial charge in [0.1, 0.15) is 11.6 Å². The van der Waals surface area contributed by atoms with Gasteiger partial charge in [-0.25, -0.2) is 19.3 Å². The van der Waals surface area contributed by atoms with Crippen LogP contribution >= 0.6 is 46.4 Å². The molecule has 2 aromatic carbocycles. The van der Waals surface area contributed by atoms with Crippen LogP contribution in [0.5, 0.6) is 0 Å². The summed E-state index contributed by atoms with van der Waals surface area (Å²) in [5, 5.41) is 20.0. The summed E-state index contributed by atoms with van der Waals surface area (Å²) in [6.07, 6.45) is -1.25. The number of ether oxygens (including phenoxy) is 2. The number of hydrogen-bond acceptors (Lipinski definition) is 8. The predicted octanol–water partition coefficient (Wildman–Crippen LogP) is 6.50. The van der Waals surface area contributed by atoms with E-state index in [1.807, 2.05) is 5.32 Å². The van der Waals surface area contributed by atoms with Crippen molar-refractivity contribution in [2.45, 2.75) is 39.0 Å². The summed E-state index contributed by atoms with van der Waals surface area (Å²) in [4.78, 5) is 51.5. The van der Waals surface area contributed by atoms with E-state index in [1.54, 1.807) is 13.8 Å². The first-order chi connectivity index (χ1) is 18.4. The summed E-state index contributed by atoms with van der Waals surface area (Å²) in [6, 6.07) is 8.35. The van der Waals surface area contributed by atoms with Crippen LogP contribution in [0.2, 0.25) is 15.1 Å². The zero-order chi connectivity index (χ0) is 29.3. The van der Waals surface area contributed by atoms with Crippen LogP contribution in [-0.2, 0) is 23.9 Å². The van der Waals surface area contributed by atoms with Gasteiger partial charge in [0, 0.05) is 10.0 Å². The summed E-state index contributed by atoms with van der Waals surface area (Å²) in [6.45, 7) is 4.81. The summed E-state index contributed by atoms with van der Waals surface area (Å²) in [5.41, 5.74) is -3.08. The fraction of sp³-hybridized carbons (Fsp3) is 0.333. The lowest BCUT2D eigenvalue weighted by atomic mass is 10.1. The Morgan fingerprint density at radius 3 is 2.21 bits per heavy atom. The molecule has 0 fully saturated rings. The maximum Gasteiger partial charge on any atom is 0.419 e. The van der Waals surface area contributed by atoms with Crippen molar-refractivity contribution >= 4 is 87.4 Å². The van der Waals surface area contributed by atoms with Crippen LogP contribution in [0.1, 0.15) is 27.2 Å². The van der Waals surface area contributed by atoms with E-state index in [-0.39, 0.29) is 33.7 Å². The second-order valence-electron chi connectivity index (χ2n) is 7.78. The van der Waals surface area contributed by atoms with Crippen molar-refractivity contribution in [3.8, 4) is 0 Å². The topological polar surface area (TPSA) is 147 Å². The molecule has 0 aliphatic heterocycles. The van der Waals surface area contributed by atoms with E-state index < -0.39 is 41.6 Å². The van der Waals surface area contributed by atoms with Crippen molar-refractivity contribution in [1.29, 1.82) is 0 Å². The van der Waals surface area contributed by atoms with Crippen LogP contribution in [-0.4, -0.2) is 53.3 Å². The lowest BCUT2D eigenvalue weighted by Crippen LogP contribution is -2.60. The Balaban J connectivity index is 2.77. The molecule has 2 aromatic rings. The minimum absolute atomic E-state index is 0.000973. The van der Waals surface area contributed by atoms with Crippen LogP contribution in [0.15, 0.2) is 46.6 Å².